The molecule has 1 aromatic carbocycles. The number of benzene rings is 1. The second kappa shape index (κ2) is 5.16. The van der Waals surface area contributed by atoms with Crippen LogP contribution >= 0.6 is 0 Å². The number of ether oxygens (including phenoxy) is 2. The van der Waals surface area contributed by atoms with E-state index in [-0.39, 0.29) is 12.0 Å². The summed E-state index contributed by atoms with van der Waals surface area (Å²) in [5.41, 5.74) is 1.11. The molecule has 0 atom stereocenters. The Kier molecular flexibility index (Phi) is 3.78. The molecule has 1 aliphatic rings. The van der Waals surface area contributed by atoms with E-state index in [4.69, 9.17) is 9.47 Å². The van der Waals surface area contributed by atoms with E-state index in [1.807, 2.05) is 12.1 Å². The summed E-state index contributed by atoms with van der Waals surface area (Å²) in [6.45, 7) is 6.30. The summed E-state index contributed by atoms with van der Waals surface area (Å²) in [7, 11) is 2.06. The molecule has 0 saturated carbocycles. The zero-order valence-corrected chi connectivity index (χ0v) is 11.3. The van der Waals surface area contributed by atoms with Crippen LogP contribution in [0, 0.1) is 5.41 Å². The number of aliphatic hydroxyl groups is 1. The second-order valence-electron chi connectivity index (χ2n) is 5.68. The lowest BCUT2D eigenvalue weighted by Gasteiger charge is -2.28. The first kappa shape index (κ1) is 13.2. The predicted octanol–water partition coefficient (Wildman–Crippen LogP) is 1.87. The Labute approximate surface area is 108 Å². The Balaban J connectivity index is 1.97. The van der Waals surface area contributed by atoms with Crippen LogP contribution in [0.25, 0.3) is 0 Å². The molecule has 0 bridgehead atoms. The lowest BCUT2D eigenvalue weighted by Crippen LogP contribution is -2.33. The number of hydrogen-bond donors (Lipinski definition) is 1. The monoisotopic (exact) mass is 251 g/mol. The van der Waals surface area contributed by atoms with Gasteiger partial charge in [0.05, 0.1) is 0 Å². The molecule has 1 aromatic rings. The molecule has 0 amide bonds. The predicted molar refractivity (Wildman–Crippen MR) is 69.8 cm³/mol. The van der Waals surface area contributed by atoms with Gasteiger partial charge in [-0.2, -0.15) is 0 Å². The first-order chi connectivity index (χ1) is 8.50. The Morgan fingerprint density at radius 3 is 2.72 bits per heavy atom. The van der Waals surface area contributed by atoms with Crippen molar-refractivity contribution in [2.24, 2.45) is 5.41 Å². The molecule has 1 aliphatic heterocycles. The van der Waals surface area contributed by atoms with E-state index in [1.165, 1.54) is 5.56 Å². The zero-order chi connectivity index (χ0) is 13.2. The van der Waals surface area contributed by atoms with Crippen molar-refractivity contribution >= 4 is 0 Å². The van der Waals surface area contributed by atoms with Crippen molar-refractivity contribution in [3.63, 3.8) is 0 Å². The summed E-state index contributed by atoms with van der Waals surface area (Å²) in [4.78, 5) is 2.20. The molecule has 0 unspecified atom stereocenters. The summed E-state index contributed by atoms with van der Waals surface area (Å²) >= 11 is 0. The molecule has 0 aliphatic carbocycles. The fourth-order valence-corrected chi connectivity index (χ4v) is 2.19. The largest absolute Gasteiger partial charge is 0.454 e. The number of hydrogen-bond acceptors (Lipinski definition) is 4. The average molecular weight is 251 g/mol. The van der Waals surface area contributed by atoms with Gasteiger partial charge in [-0.25, -0.2) is 0 Å². The van der Waals surface area contributed by atoms with Gasteiger partial charge in [-0.05, 0) is 24.7 Å². The highest BCUT2D eigenvalue weighted by Crippen LogP contribution is 2.32. The lowest BCUT2D eigenvalue weighted by atomic mass is 9.94. The van der Waals surface area contributed by atoms with E-state index >= 15 is 0 Å². The number of aliphatic hydroxyl groups excluding tert-OH is 1. The highest BCUT2D eigenvalue weighted by molar-refractivity contribution is 5.44. The molecule has 0 aromatic heterocycles. The number of nitrogens with zero attached hydrogens (tertiary/aromatic N) is 1. The van der Waals surface area contributed by atoms with Crippen LogP contribution in [-0.4, -0.2) is 37.0 Å². The van der Waals surface area contributed by atoms with Gasteiger partial charge in [0, 0.05) is 25.1 Å². The van der Waals surface area contributed by atoms with Crippen molar-refractivity contribution < 1.29 is 14.6 Å². The van der Waals surface area contributed by atoms with Crippen LogP contribution in [0.3, 0.4) is 0 Å². The topological polar surface area (TPSA) is 41.9 Å². The molecule has 0 spiro atoms. The maximum atomic E-state index is 9.27. The maximum absolute atomic E-state index is 9.27. The van der Waals surface area contributed by atoms with Crippen molar-refractivity contribution in [3.05, 3.63) is 23.8 Å². The fraction of sp³-hybridized carbons (Fsp3) is 0.571. The molecule has 1 heterocycles. The Morgan fingerprint density at radius 1 is 1.28 bits per heavy atom. The van der Waals surface area contributed by atoms with Crippen LogP contribution in [0.4, 0.5) is 0 Å². The van der Waals surface area contributed by atoms with Crippen molar-refractivity contribution in [2.75, 3.05) is 27.0 Å². The van der Waals surface area contributed by atoms with Gasteiger partial charge in [0.1, 0.15) is 0 Å². The molecule has 100 valence electrons. The molecule has 2 rings (SSSR count). The van der Waals surface area contributed by atoms with Gasteiger partial charge in [0.2, 0.25) is 6.79 Å². The van der Waals surface area contributed by atoms with Crippen molar-refractivity contribution in [2.45, 2.75) is 20.4 Å². The molecule has 18 heavy (non-hydrogen) atoms. The van der Waals surface area contributed by atoms with Gasteiger partial charge in [-0.15, -0.1) is 0 Å². The third-order valence-electron chi connectivity index (χ3n) is 3.02. The van der Waals surface area contributed by atoms with Crippen LogP contribution in [0.15, 0.2) is 18.2 Å². The molecular weight excluding hydrogens is 230 g/mol. The minimum absolute atomic E-state index is 0.0783. The van der Waals surface area contributed by atoms with Crippen molar-refractivity contribution in [1.82, 2.24) is 4.90 Å². The highest BCUT2D eigenvalue weighted by Gasteiger charge is 2.19. The summed E-state index contributed by atoms with van der Waals surface area (Å²) < 4.78 is 10.6. The van der Waals surface area contributed by atoms with Crippen LogP contribution < -0.4 is 9.47 Å². The zero-order valence-electron chi connectivity index (χ0n) is 11.3. The second-order valence-corrected chi connectivity index (χ2v) is 5.68. The van der Waals surface area contributed by atoms with Crippen molar-refractivity contribution in [3.8, 4) is 11.5 Å². The van der Waals surface area contributed by atoms with E-state index in [9.17, 15) is 5.11 Å². The molecule has 4 heteroatoms. The highest BCUT2D eigenvalue weighted by atomic mass is 16.7. The van der Waals surface area contributed by atoms with Crippen LogP contribution in [0.1, 0.15) is 19.4 Å². The fourth-order valence-electron chi connectivity index (χ4n) is 2.19. The van der Waals surface area contributed by atoms with Crippen LogP contribution in [-0.2, 0) is 6.54 Å². The van der Waals surface area contributed by atoms with E-state index in [0.29, 0.717) is 6.79 Å². The summed E-state index contributed by atoms with van der Waals surface area (Å²) in [5, 5.41) is 9.27. The van der Waals surface area contributed by atoms with E-state index in [2.05, 4.69) is 31.9 Å². The van der Waals surface area contributed by atoms with E-state index in [0.717, 1.165) is 24.6 Å². The molecule has 0 saturated heterocycles. The van der Waals surface area contributed by atoms with Gasteiger partial charge < -0.3 is 19.5 Å². The minimum atomic E-state index is -0.0783. The third-order valence-corrected chi connectivity index (χ3v) is 3.02. The third kappa shape index (κ3) is 3.15. The Hall–Kier alpha value is -1.26. The normalized spacial score (nSPS) is 14.3. The van der Waals surface area contributed by atoms with Gasteiger partial charge in [0.25, 0.3) is 0 Å². The van der Waals surface area contributed by atoms with E-state index < -0.39 is 0 Å². The quantitative estimate of drug-likeness (QED) is 0.867. The van der Waals surface area contributed by atoms with Gasteiger partial charge in [-0.1, -0.05) is 19.9 Å². The standard InChI is InChI=1S/C14H21NO3/c1-14(2,9-16)8-15(3)7-11-4-5-12-13(6-11)18-10-17-12/h4-6,16H,7-10H2,1-3H3. The molecule has 0 fully saturated rings. The first-order valence-corrected chi connectivity index (χ1v) is 6.18. The maximum Gasteiger partial charge on any atom is 0.231 e. The van der Waals surface area contributed by atoms with Crippen LogP contribution in [0.2, 0.25) is 0 Å². The van der Waals surface area contributed by atoms with Crippen molar-refractivity contribution in [1.29, 1.82) is 0 Å². The average Bonchev–Trinajstić information content (AvgIpc) is 2.75. The van der Waals surface area contributed by atoms with Gasteiger partial charge in [-0.3, -0.25) is 0 Å². The summed E-state index contributed by atoms with van der Waals surface area (Å²) in [6, 6.07) is 6.02. The minimum Gasteiger partial charge on any atom is -0.454 e. The molecule has 4 nitrogen and oxygen atoms in total. The SMILES string of the molecule is CN(Cc1ccc2c(c1)OCO2)CC(C)(C)CO. The van der Waals surface area contributed by atoms with Gasteiger partial charge >= 0.3 is 0 Å². The number of fused-ring (bicyclic) bond motifs is 1. The smallest absolute Gasteiger partial charge is 0.231 e. The first-order valence-electron chi connectivity index (χ1n) is 6.18. The van der Waals surface area contributed by atoms with Crippen LogP contribution in [0.5, 0.6) is 11.5 Å². The Bertz CT molecular complexity index is 418. The molecule has 0 radical (unpaired) electrons. The lowest BCUT2D eigenvalue weighted by molar-refractivity contribution is 0.112. The summed E-state index contributed by atoms with van der Waals surface area (Å²) in [6.07, 6.45) is 0. The number of rotatable bonds is 5. The molecule has 1 N–H and O–H groups in total. The Morgan fingerprint density at radius 2 is 2.00 bits per heavy atom. The van der Waals surface area contributed by atoms with Gasteiger partial charge in [0.15, 0.2) is 11.5 Å². The van der Waals surface area contributed by atoms with E-state index in [1.54, 1.807) is 0 Å². The molecular formula is C14H21NO3. The summed E-state index contributed by atoms with van der Waals surface area (Å²) in [5.74, 6) is 1.64.